The van der Waals surface area contributed by atoms with Crippen molar-refractivity contribution < 1.29 is 0 Å². The van der Waals surface area contributed by atoms with Gasteiger partial charge in [0.25, 0.3) is 0 Å². The molecule has 0 aromatic rings. The highest BCUT2D eigenvalue weighted by molar-refractivity contribution is 4.91. The normalized spacial score (nSPS) is 17.7. The first-order valence-electron chi connectivity index (χ1n) is 3.47. The fourth-order valence-electron chi connectivity index (χ4n) is 0.693. The summed E-state index contributed by atoms with van der Waals surface area (Å²) in [4.78, 5) is 0. The molecule has 0 saturated carbocycles. The van der Waals surface area contributed by atoms with E-state index in [0.29, 0.717) is 11.8 Å². The highest BCUT2D eigenvalue weighted by atomic mass is 14.1. The minimum absolute atomic E-state index is 0.598. The predicted molar refractivity (Wildman–Crippen MR) is 43.3 cm³/mol. The Hall–Kier alpha value is -0.520. The van der Waals surface area contributed by atoms with Crippen LogP contribution in [0.5, 0.6) is 0 Å². The lowest BCUT2D eigenvalue weighted by Crippen LogP contribution is -2.00. The van der Waals surface area contributed by atoms with E-state index in [1.165, 1.54) is 0 Å². The standard InChI is InChI=1S/C9H16/c1-5-7-9(4)8(3)6-2/h5-9H,2H2,1,3-4H3/b7-5+. The van der Waals surface area contributed by atoms with Gasteiger partial charge in [-0.1, -0.05) is 32.1 Å². The molecule has 0 aromatic carbocycles. The lowest BCUT2D eigenvalue weighted by atomic mass is 9.96. The summed E-state index contributed by atoms with van der Waals surface area (Å²) in [5, 5.41) is 0. The Morgan fingerprint density at radius 3 is 2.11 bits per heavy atom. The van der Waals surface area contributed by atoms with Crippen LogP contribution >= 0.6 is 0 Å². The van der Waals surface area contributed by atoms with Crippen molar-refractivity contribution in [3.63, 3.8) is 0 Å². The van der Waals surface area contributed by atoms with Crippen molar-refractivity contribution in [1.82, 2.24) is 0 Å². The topological polar surface area (TPSA) is 0 Å². The SMILES string of the molecule is C=CC(C)C(C)/C=C/C. The van der Waals surface area contributed by atoms with Crippen LogP contribution in [0.4, 0.5) is 0 Å². The third-order valence-electron chi connectivity index (χ3n) is 1.70. The molecule has 2 atom stereocenters. The molecule has 0 nitrogen and oxygen atoms in total. The Kier molecular flexibility index (Phi) is 4.12. The maximum absolute atomic E-state index is 3.73. The third-order valence-corrected chi connectivity index (χ3v) is 1.70. The van der Waals surface area contributed by atoms with Gasteiger partial charge in [0.2, 0.25) is 0 Å². The van der Waals surface area contributed by atoms with Gasteiger partial charge in [0.15, 0.2) is 0 Å². The molecule has 52 valence electrons. The summed E-state index contributed by atoms with van der Waals surface area (Å²) in [6, 6.07) is 0. The molecular formula is C9H16. The van der Waals surface area contributed by atoms with Gasteiger partial charge in [0.05, 0.1) is 0 Å². The van der Waals surface area contributed by atoms with Crippen LogP contribution in [0.15, 0.2) is 24.8 Å². The predicted octanol–water partition coefficient (Wildman–Crippen LogP) is 3.02. The molecule has 0 aromatic heterocycles. The number of hydrogen-bond donors (Lipinski definition) is 0. The van der Waals surface area contributed by atoms with Crippen LogP contribution in [0.25, 0.3) is 0 Å². The molecule has 0 saturated heterocycles. The summed E-state index contributed by atoms with van der Waals surface area (Å²) in [7, 11) is 0. The minimum Gasteiger partial charge on any atom is -0.103 e. The summed E-state index contributed by atoms with van der Waals surface area (Å²) in [5.41, 5.74) is 0. The monoisotopic (exact) mass is 124 g/mol. The molecule has 2 unspecified atom stereocenters. The van der Waals surface area contributed by atoms with Crippen molar-refractivity contribution >= 4 is 0 Å². The van der Waals surface area contributed by atoms with Crippen LogP contribution < -0.4 is 0 Å². The van der Waals surface area contributed by atoms with Crippen molar-refractivity contribution in [1.29, 1.82) is 0 Å². The molecule has 0 rings (SSSR count). The molecule has 0 aliphatic carbocycles. The van der Waals surface area contributed by atoms with E-state index in [9.17, 15) is 0 Å². The Bertz CT molecular complexity index is 101. The quantitative estimate of drug-likeness (QED) is 0.507. The van der Waals surface area contributed by atoms with Crippen LogP contribution in [-0.2, 0) is 0 Å². The van der Waals surface area contributed by atoms with Gasteiger partial charge >= 0.3 is 0 Å². The second-order valence-corrected chi connectivity index (χ2v) is 2.48. The lowest BCUT2D eigenvalue weighted by Gasteiger charge is -2.09. The van der Waals surface area contributed by atoms with Gasteiger partial charge in [0.1, 0.15) is 0 Å². The van der Waals surface area contributed by atoms with Gasteiger partial charge in [-0.15, -0.1) is 6.58 Å². The highest BCUT2D eigenvalue weighted by Gasteiger charge is 2.01. The molecule has 0 fully saturated rings. The summed E-state index contributed by atoms with van der Waals surface area (Å²) < 4.78 is 0. The molecule has 0 heterocycles. The second kappa shape index (κ2) is 4.37. The molecule has 0 spiro atoms. The van der Waals surface area contributed by atoms with E-state index in [0.717, 1.165) is 0 Å². The van der Waals surface area contributed by atoms with E-state index in [1.54, 1.807) is 0 Å². The largest absolute Gasteiger partial charge is 0.103 e. The number of allylic oxidation sites excluding steroid dienone is 3. The van der Waals surface area contributed by atoms with Gasteiger partial charge in [-0.25, -0.2) is 0 Å². The summed E-state index contributed by atoms with van der Waals surface area (Å²) in [6.45, 7) is 10.2. The van der Waals surface area contributed by atoms with Crippen LogP contribution in [0.3, 0.4) is 0 Å². The Labute approximate surface area is 58.3 Å². The smallest absolute Gasteiger partial charge is 0.0202 e. The van der Waals surface area contributed by atoms with E-state index >= 15 is 0 Å². The van der Waals surface area contributed by atoms with Crippen LogP contribution in [0.1, 0.15) is 20.8 Å². The van der Waals surface area contributed by atoms with Gasteiger partial charge in [-0.2, -0.15) is 0 Å². The van der Waals surface area contributed by atoms with Gasteiger partial charge in [0, 0.05) is 0 Å². The Morgan fingerprint density at radius 1 is 1.22 bits per heavy atom. The molecule has 0 radical (unpaired) electrons. The van der Waals surface area contributed by atoms with Crippen LogP contribution in [0, 0.1) is 11.8 Å². The van der Waals surface area contributed by atoms with Gasteiger partial charge < -0.3 is 0 Å². The fourth-order valence-corrected chi connectivity index (χ4v) is 0.693. The average molecular weight is 124 g/mol. The highest BCUT2D eigenvalue weighted by Crippen LogP contribution is 2.12. The summed E-state index contributed by atoms with van der Waals surface area (Å²) in [6.07, 6.45) is 6.28. The van der Waals surface area contributed by atoms with Gasteiger partial charge in [-0.3, -0.25) is 0 Å². The fraction of sp³-hybridized carbons (Fsp3) is 0.556. The molecule has 0 amide bonds. The summed E-state index contributed by atoms with van der Waals surface area (Å²) in [5.74, 6) is 1.23. The Balaban J connectivity index is 3.71. The van der Waals surface area contributed by atoms with Crippen molar-refractivity contribution in [2.75, 3.05) is 0 Å². The zero-order chi connectivity index (χ0) is 7.28. The third kappa shape index (κ3) is 3.12. The van der Waals surface area contributed by atoms with Crippen LogP contribution in [0.2, 0.25) is 0 Å². The first kappa shape index (κ1) is 8.48. The van der Waals surface area contributed by atoms with E-state index in [1.807, 2.05) is 13.0 Å². The van der Waals surface area contributed by atoms with Crippen molar-refractivity contribution in [3.8, 4) is 0 Å². The molecular weight excluding hydrogens is 108 g/mol. The second-order valence-electron chi connectivity index (χ2n) is 2.48. The van der Waals surface area contributed by atoms with Crippen molar-refractivity contribution in [2.45, 2.75) is 20.8 Å². The number of rotatable bonds is 3. The van der Waals surface area contributed by atoms with Crippen molar-refractivity contribution in [2.24, 2.45) is 11.8 Å². The van der Waals surface area contributed by atoms with E-state index in [-0.39, 0.29) is 0 Å². The molecule has 0 bridgehead atoms. The molecule has 0 heteroatoms. The molecule has 9 heavy (non-hydrogen) atoms. The average Bonchev–Trinajstić information content (AvgIpc) is 1.87. The maximum atomic E-state index is 3.73. The first-order valence-corrected chi connectivity index (χ1v) is 3.47. The van der Waals surface area contributed by atoms with E-state index in [4.69, 9.17) is 0 Å². The molecule has 0 N–H and O–H groups in total. The minimum atomic E-state index is 0.598. The van der Waals surface area contributed by atoms with E-state index < -0.39 is 0 Å². The van der Waals surface area contributed by atoms with Gasteiger partial charge in [-0.05, 0) is 18.8 Å². The zero-order valence-corrected chi connectivity index (χ0v) is 6.59. The molecule has 0 aliphatic rings. The maximum Gasteiger partial charge on any atom is -0.0202 e. The lowest BCUT2D eigenvalue weighted by molar-refractivity contribution is 0.559. The first-order chi connectivity index (χ1) is 4.22. The van der Waals surface area contributed by atoms with E-state index in [2.05, 4.69) is 32.6 Å². The van der Waals surface area contributed by atoms with Crippen molar-refractivity contribution in [3.05, 3.63) is 24.8 Å². The zero-order valence-electron chi connectivity index (χ0n) is 6.59. The number of hydrogen-bond acceptors (Lipinski definition) is 0. The molecule has 0 aliphatic heterocycles. The Morgan fingerprint density at radius 2 is 1.78 bits per heavy atom. The summed E-state index contributed by atoms with van der Waals surface area (Å²) >= 11 is 0. The van der Waals surface area contributed by atoms with Crippen LogP contribution in [-0.4, -0.2) is 0 Å².